The van der Waals surface area contributed by atoms with E-state index in [-0.39, 0.29) is 24.7 Å². The molecule has 1 aromatic carbocycles. The first kappa shape index (κ1) is 14.1. The molecule has 104 valence electrons. The van der Waals surface area contributed by atoms with Gasteiger partial charge in [-0.25, -0.2) is 0 Å². The number of nitrogen functional groups attached to an aromatic ring is 1. The highest BCUT2D eigenvalue weighted by atomic mass is 35.5. The van der Waals surface area contributed by atoms with E-state index >= 15 is 0 Å². The molecule has 5 nitrogen and oxygen atoms in total. The van der Waals surface area contributed by atoms with Crippen LogP contribution < -0.4 is 5.73 Å². The molecular formula is C13H17ClN2O3. The first-order chi connectivity index (χ1) is 9.02. The largest absolute Gasteiger partial charge is 0.398 e. The second-order valence-electron chi connectivity index (χ2n) is 4.68. The Kier molecular flexibility index (Phi) is 4.29. The first-order valence-corrected chi connectivity index (χ1v) is 6.49. The maximum atomic E-state index is 12.4. The van der Waals surface area contributed by atoms with Crippen molar-refractivity contribution in [1.82, 2.24) is 4.90 Å². The molecule has 1 aliphatic rings. The molecule has 1 fully saturated rings. The van der Waals surface area contributed by atoms with Gasteiger partial charge in [0.15, 0.2) is 0 Å². The van der Waals surface area contributed by atoms with Crippen LogP contribution in [0.4, 0.5) is 5.69 Å². The van der Waals surface area contributed by atoms with E-state index in [2.05, 4.69) is 0 Å². The van der Waals surface area contributed by atoms with Crippen LogP contribution in [0.15, 0.2) is 18.2 Å². The Morgan fingerprint density at radius 3 is 3.00 bits per heavy atom. The maximum absolute atomic E-state index is 12.4. The van der Waals surface area contributed by atoms with Gasteiger partial charge in [-0.05, 0) is 25.1 Å². The summed E-state index contributed by atoms with van der Waals surface area (Å²) in [5.41, 5.74) is 6.56. The van der Waals surface area contributed by atoms with Gasteiger partial charge in [0.25, 0.3) is 5.91 Å². The molecule has 1 aromatic rings. The Bertz CT molecular complexity index is 481. The Labute approximate surface area is 116 Å². The van der Waals surface area contributed by atoms with Crippen LogP contribution in [-0.4, -0.2) is 47.8 Å². The fourth-order valence-electron chi connectivity index (χ4n) is 2.04. The maximum Gasteiger partial charge on any atom is 0.254 e. The van der Waals surface area contributed by atoms with Gasteiger partial charge >= 0.3 is 0 Å². The van der Waals surface area contributed by atoms with Crippen molar-refractivity contribution in [3.63, 3.8) is 0 Å². The van der Waals surface area contributed by atoms with Crippen LogP contribution in [0.1, 0.15) is 17.3 Å². The Hall–Kier alpha value is -1.30. The van der Waals surface area contributed by atoms with Gasteiger partial charge in [-0.15, -0.1) is 0 Å². The van der Waals surface area contributed by atoms with E-state index in [4.69, 9.17) is 27.2 Å². The Morgan fingerprint density at radius 2 is 2.37 bits per heavy atom. The number of hydrogen-bond acceptors (Lipinski definition) is 4. The average Bonchev–Trinajstić information content (AvgIpc) is 2.41. The molecule has 0 bridgehead atoms. The van der Waals surface area contributed by atoms with Crippen molar-refractivity contribution in [2.45, 2.75) is 19.1 Å². The van der Waals surface area contributed by atoms with Crippen molar-refractivity contribution in [1.29, 1.82) is 0 Å². The summed E-state index contributed by atoms with van der Waals surface area (Å²) in [4.78, 5) is 14.1. The third-order valence-corrected chi connectivity index (χ3v) is 3.54. The summed E-state index contributed by atoms with van der Waals surface area (Å²) in [6, 6.07) is 4.80. The summed E-state index contributed by atoms with van der Waals surface area (Å²) in [6.07, 6.45) is -0.329. The minimum Gasteiger partial charge on any atom is -0.398 e. The summed E-state index contributed by atoms with van der Waals surface area (Å²) < 4.78 is 5.41. The molecule has 1 saturated heterocycles. The van der Waals surface area contributed by atoms with Crippen LogP contribution in [0, 0.1) is 0 Å². The van der Waals surface area contributed by atoms with Gasteiger partial charge < -0.3 is 20.5 Å². The lowest BCUT2D eigenvalue weighted by atomic mass is 10.1. The third kappa shape index (κ3) is 3.00. The zero-order valence-electron chi connectivity index (χ0n) is 10.7. The van der Waals surface area contributed by atoms with Crippen LogP contribution in [0.2, 0.25) is 5.02 Å². The number of aliphatic hydroxyl groups excluding tert-OH is 1. The van der Waals surface area contributed by atoms with Gasteiger partial charge in [0, 0.05) is 12.1 Å². The first-order valence-electron chi connectivity index (χ1n) is 6.11. The topological polar surface area (TPSA) is 75.8 Å². The smallest absolute Gasteiger partial charge is 0.254 e. The minimum absolute atomic E-state index is 0.0355. The number of morpholine rings is 1. The molecule has 1 heterocycles. The molecular weight excluding hydrogens is 268 g/mol. The molecule has 1 aliphatic heterocycles. The molecule has 0 saturated carbocycles. The van der Waals surface area contributed by atoms with E-state index in [9.17, 15) is 4.79 Å². The standard InChI is InChI=1S/C13H17ClN2O3/c1-8-7-19-10(6-17)5-16(8)13(18)9-2-3-12(15)11(14)4-9/h2-4,8,10,17H,5-7,15H2,1H3. The molecule has 1 amide bonds. The monoisotopic (exact) mass is 284 g/mol. The molecule has 2 unspecified atom stereocenters. The Morgan fingerprint density at radius 1 is 1.63 bits per heavy atom. The van der Waals surface area contributed by atoms with Gasteiger partial charge in [-0.2, -0.15) is 0 Å². The van der Waals surface area contributed by atoms with E-state index in [1.807, 2.05) is 6.92 Å². The quantitative estimate of drug-likeness (QED) is 0.799. The molecule has 3 N–H and O–H groups in total. The number of aliphatic hydroxyl groups is 1. The highest BCUT2D eigenvalue weighted by molar-refractivity contribution is 6.33. The van der Waals surface area contributed by atoms with E-state index in [1.165, 1.54) is 0 Å². The van der Waals surface area contributed by atoms with Crippen molar-refractivity contribution in [3.05, 3.63) is 28.8 Å². The van der Waals surface area contributed by atoms with E-state index in [0.717, 1.165) is 0 Å². The fraction of sp³-hybridized carbons (Fsp3) is 0.462. The molecule has 6 heteroatoms. The highest BCUT2D eigenvalue weighted by Crippen LogP contribution is 2.22. The molecule has 2 rings (SSSR count). The van der Waals surface area contributed by atoms with Gasteiger partial charge in [-0.3, -0.25) is 4.79 Å². The van der Waals surface area contributed by atoms with Crippen molar-refractivity contribution in [2.75, 3.05) is 25.5 Å². The number of anilines is 1. The van der Waals surface area contributed by atoms with Gasteiger partial charge in [0.2, 0.25) is 0 Å². The lowest BCUT2D eigenvalue weighted by Crippen LogP contribution is -2.52. The average molecular weight is 285 g/mol. The van der Waals surface area contributed by atoms with Crippen molar-refractivity contribution in [2.24, 2.45) is 0 Å². The van der Waals surface area contributed by atoms with Crippen LogP contribution in [0.3, 0.4) is 0 Å². The van der Waals surface area contributed by atoms with E-state index < -0.39 is 0 Å². The minimum atomic E-state index is -0.329. The summed E-state index contributed by atoms with van der Waals surface area (Å²) in [5, 5.41) is 9.49. The number of carbonyl (C=O) groups is 1. The number of carbonyl (C=O) groups excluding carboxylic acids is 1. The van der Waals surface area contributed by atoms with Crippen molar-refractivity contribution in [3.8, 4) is 0 Å². The van der Waals surface area contributed by atoms with Gasteiger partial charge in [-0.1, -0.05) is 11.6 Å². The predicted octanol–water partition coefficient (Wildman–Crippen LogP) is 1.14. The van der Waals surface area contributed by atoms with Crippen LogP contribution in [0.5, 0.6) is 0 Å². The summed E-state index contributed by atoms with van der Waals surface area (Å²) >= 11 is 5.93. The van der Waals surface area contributed by atoms with Crippen molar-refractivity contribution < 1.29 is 14.6 Å². The number of halogens is 1. The zero-order chi connectivity index (χ0) is 14.0. The molecule has 0 spiro atoms. The summed E-state index contributed by atoms with van der Waals surface area (Å²) in [7, 11) is 0. The Balaban J connectivity index is 2.19. The van der Waals surface area contributed by atoms with Crippen LogP contribution >= 0.6 is 11.6 Å². The van der Waals surface area contributed by atoms with E-state index in [0.29, 0.717) is 29.4 Å². The van der Waals surface area contributed by atoms with E-state index in [1.54, 1.807) is 23.1 Å². The molecule has 0 radical (unpaired) electrons. The number of amides is 1. The van der Waals surface area contributed by atoms with Gasteiger partial charge in [0.05, 0.1) is 36.1 Å². The van der Waals surface area contributed by atoms with Crippen LogP contribution in [-0.2, 0) is 4.74 Å². The second-order valence-corrected chi connectivity index (χ2v) is 5.09. The normalized spacial score (nSPS) is 23.4. The van der Waals surface area contributed by atoms with Crippen molar-refractivity contribution >= 4 is 23.2 Å². The number of nitrogens with two attached hydrogens (primary N) is 1. The molecule has 0 aliphatic carbocycles. The zero-order valence-corrected chi connectivity index (χ0v) is 11.4. The van der Waals surface area contributed by atoms with Crippen LogP contribution in [0.25, 0.3) is 0 Å². The lowest BCUT2D eigenvalue weighted by Gasteiger charge is -2.37. The number of rotatable bonds is 2. The lowest BCUT2D eigenvalue weighted by molar-refractivity contribution is -0.0667. The second kappa shape index (κ2) is 5.77. The highest BCUT2D eigenvalue weighted by Gasteiger charge is 2.30. The molecule has 0 aromatic heterocycles. The predicted molar refractivity (Wildman–Crippen MR) is 73.2 cm³/mol. The fourth-order valence-corrected chi connectivity index (χ4v) is 2.22. The summed E-state index contributed by atoms with van der Waals surface area (Å²) in [5.74, 6) is -0.129. The summed E-state index contributed by atoms with van der Waals surface area (Å²) in [6.45, 7) is 2.60. The number of ether oxygens (including phenoxy) is 1. The number of hydrogen-bond donors (Lipinski definition) is 2. The van der Waals surface area contributed by atoms with Gasteiger partial charge in [0.1, 0.15) is 0 Å². The SMILES string of the molecule is CC1COC(CO)CN1C(=O)c1ccc(N)c(Cl)c1. The molecule has 2 atom stereocenters. The number of benzene rings is 1. The number of nitrogens with zero attached hydrogens (tertiary/aromatic N) is 1. The molecule has 19 heavy (non-hydrogen) atoms. The third-order valence-electron chi connectivity index (χ3n) is 3.22.